The number of urea groups is 2. The summed E-state index contributed by atoms with van der Waals surface area (Å²) < 4.78 is 0. The van der Waals surface area contributed by atoms with Gasteiger partial charge in [0.2, 0.25) is 0 Å². The van der Waals surface area contributed by atoms with Crippen LogP contribution in [0.3, 0.4) is 0 Å². The standard InChI is InChI=1S/C28H26N6O4/c1-31-23(35)27(33(3)25(31)37)13-17-15-9-6-8-12-20(15)30-22(17)28(24(36)32(2)26(38)34(28)4)21(27)18-14-29-19-11-7-5-10-16(18)19/h5-12,14,21,29-30H,13H2,1-4H3/t21-,27+,28-/m1/s1. The van der Waals surface area contributed by atoms with Crippen molar-refractivity contribution in [3.8, 4) is 0 Å². The molecule has 1 aliphatic carbocycles. The molecule has 3 aliphatic rings. The number of para-hydroxylation sites is 2. The zero-order valence-corrected chi connectivity index (χ0v) is 21.4. The topological polar surface area (TPSA) is 113 Å². The predicted octanol–water partition coefficient (Wildman–Crippen LogP) is 2.97. The molecule has 3 atom stereocenters. The molecule has 10 heteroatoms. The number of aromatic nitrogens is 2. The Morgan fingerprint density at radius 2 is 1.37 bits per heavy atom. The zero-order valence-electron chi connectivity index (χ0n) is 21.4. The van der Waals surface area contributed by atoms with Crippen LogP contribution >= 0.6 is 0 Å². The molecule has 38 heavy (non-hydrogen) atoms. The molecule has 0 saturated carbocycles. The van der Waals surface area contributed by atoms with Crippen LogP contribution in [0, 0.1) is 0 Å². The summed E-state index contributed by atoms with van der Waals surface area (Å²) in [5, 5.41) is 1.67. The van der Waals surface area contributed by atoms with E-state index in [0.29, 0.717) is 11.3 Å². The average molecular weight is 511 g/mol. The monoisotopic (exact) mass is 510 g/mol. The van der Waals surface area contributed by atoms with Gasteiger partial charge in [0.15, 0.2) is 5.54 Å². The lowest BCUT2D eigenvalue weighted by Gasteiger charge is -2.52. The highest BCUT2D eigenvalue weighted by Gasteiger charge is 2.74. The summed E-state index contributed by atoms with van der Waals surface area (Å²) in [4.78, 5) is 67.7. The Balaban J connectivity index is 1.69. The fourth-order valence-corrected chi connectivity index (χ4v) is 7.27. The number of likely N-dealkylation sites (N-methyl/N-ethyl adjacent to an activating group) is 4. The number of aromatic amines is 2. The number of H-pyrrole nitrogens is 2. The maximum absolute atomic E-state index is 14.5. The Morgan fingerprint density at radius 3 is 2.00 bits per heavy atom. The number of amides is 6. The first-order valence-corrected chi connectivity index (χ1v) is 12.4. The molecule has 4 aromatic rings. The van der Waals surface area contributed by atoms with Gasteiger partial charge >= 0.3 is 12.1 Å². The molecule has 192 valence electrons. The van der Waals surface area contributed by atoms with E-state index in [0.717, 1.165) is 37.2 Å². The summed E-state index contributed by atoms with van der Waals surface area (Å²) in [5.41, 5.74) is 0.564. The number of carbonyl (C=O) groups excluding carboxylic acids is 4. The van der Waals surface area contributed by atoms with Crippen LogP contribution in [0.5, 0.6) is 0 Å². The molecule has 2 N–H and O–H groups in total. The van der Waals surface area contributed by atoms with E-state index in [1.54, 1.807) is 20.3 Å². The van der Waals surface area contributed by atoms with Crippen LogP contribution in [0.2, 0.25) is 0 Å². The highest BCUT2D eigenvalue weighted by molar-refractivity contribution is 6.14. The summed E-state index contributed by atoms with van der Waals surface area (Å²) in [6, 6.07) is 14.4. The van der Waals surface area contributed by atoms with Gasteiger partial charge in [-0.2, -0.15) is 0 Å². The van der Waals surface area contributed by atoms with Crippen LogP contribution in [0.25, 0.3) is 21.8 Å². The predicted molar refractivity (Wildman–Crippen MR) is 139 cm³/mol. The molecule has 10 nitrogen and oxygen atoms in total. The van der Waals surface area contributed by atoms with E-state index in [1.807, 2.05) is 48.5 Å². The lowest BCUT2D eigenvalue weighted by atomic mass is 9.58. The number of benzene rings is 2. The van der Waals surface area contributed by atoms with Gasteiger partial charge in [-0.1, -0.05) is 36.4 Å². The SMILES string of the molecule is CN1C(=O)N(C)[C@@]2(C1=O)c1[nH]c3ccccc3c1C[C@@]1(C(=O)N(C)C(=O)N1C)[C@H]2c1c[nH]c2ccccc12. The third-order valence-corrected chi connectivity index (χ3v) is 9.05. The highest BCUT2D eigenvalue weighted by atomic mass is 16.2. The third kappa shape index (κ3) is 2.26. The number of hydrogen-bond donors (Lipinski definition) is 2. The van der Waals surface area contributed by atoms with Crippen molar-refractivity contribution >= 4 is 45.7 Å². The number of rotatable bonds is 1. The zero-order chi connectivity index (χ0) is 26.7. The quantitative estimate of drug-likeness (QED) is 0.384. The second-order valence-corrected chi connectivity index (χ2v) is 10.5. The van der Waals surface area contributed by atoms with Crippen molar-refractivity contribution in [3.05, 3.63) is 71.5 Å². The van der Waals surface area contributed by atoms with Crippen LogP contribution in [-0.4, -0.2) is 87.2 Å². The Morgan fingerprint density at radius 1 is 0.763 bits per heavy atom. The minimum absolute atomic E-state index is 0.183. The second kappa shape index (κ2) is 7.03. The molecular weight excluding hydrogens is 484 g/mol. The smallest absolute Gasteiger partial charge is 0.327 e. The van der Waals surface area contributed by atoms with Gasteiger partial charge in [-0.25, -0.2) is 9.59 Å². The van der Waals surface area contributed by atoms with E-state index in [-0.39, 0.29) is 6.42 Å². The second-order valence-electron chi connectivity index (χ2n) is 10.5. The lowest BCUT2D eigenvalue weighted by molar-refractivity contribution is -0.142. The molecule has 2 saturated heterocycles. The first-order chi connectivity index (χ1) is 18.2. The van der Waals surface area contributed by atoms with Crippen LogP contribution in [0.15, 0.2) is 54.7 Å². The Hall–Kier alpha value is -4.60. The van der Waals surface area contributed by atoms with Crippen molar-refractivity contribution in [3.63, 3.8) is 0 Å². The summed E-state index contributed by atoms with van der Waals surface area (Å²) in [5.74, 6) is -1.77. The summed E-state index contributed by atoms with van der Waals surface area (Å²) in [7, 11) is 6.15. The number of nitrogens with zero attached hydrogens (tertiary/aromatic N) is 4. The average Bonchev–Trinajstić information content (AvgIpc) is 3.61. The van der Waals surface area contributed by atoms with E-state index < -0.39 is 40.9 Å². The normalized spacial score (nSPS) is 27.3. The number of carbonyl (C=O) groups is 4. The van der Waals surface area contributed by atoms with Crippen molar-refractivity contribution in [2.24, 2.45) is 0 Å². The van der Waals surface area contributed by atoms with E-state index in [9.17, 15) is 19.2 Å². The Bertz CT molecular complexity index is 1740. The molecular formula is C28H26N6O4. The van der Waals surface area contributed by atoms with Crippen molar-refractivity contribution in [1.29, 1.82) is 0 Å². The van der Waals surface area contributed by atoms with Crippen molar-refractivity contribution in [2.75, 3.05) is 28.2 Å². The van der Waals surface area contributed by atoms with Gasteiger partial charge in [0.25, 0.3) is 11.8 Å². The van der Waals surface area contributed by atoms with Crippen molar-refractivity contribution < 1.29 is 19.2 Å². The van der Waals surface area contributed by atoms with Gasteiger partial charge in [0.1, 0.15) is 5.54 Å². The van der Waals surface area contributed by atoms with Gasteiger partial charge < -0.3 is 19.8 Å². The Labute approximate surface area is 217 Å². The fourth-order valence-electron chi connectivity index (χ4n) is 7.27. The fraction of sp³-hybridized carbons (Fsp3) is 0.286. The summed E-state index contributed by atoms with van der Waals surface area (Å²) >= 11 is 0. The molecule has 0 radical (unpaired) electrons. The minimum atomic E-state index is -1.61. The van der Waals surface area contributed by atoms with Gasteiger partial charge in [0.05, 0.1) is 11.6 Å². The van der Waals surface area contributed by atoms with Crippen LogP contribution in [0.1, 0.15) is 22.7 Å². The maximum atomic E-state index is 14.5. The van der Waals surface area contributed by atoms with Gasteiger partial charge in [0, 0.05) is 62.6 Å². The highest BCUT2D eigenvalue weighted by Crippen LogP contribution is 2.61. The molecule has 0 bridgehead atoms. The molecule has 0 unspecified atom stereocenters. The molecule has 7 rings (SSSR count). The van der Waals surface area contributed by atoms with E-state index >= 15 is 0 Å². The van der Waals surface area contributed by atoms with Gasteiger partial charge in [-0.05, 0) is 23.3 Å². The Kier molecular flexibility index (Phi) is 4.18. The maximum Gasteiger partial charge on any atom is 0.327 e. The minimum Gasteiger partial charge on any atom is -0.361 e. The van der Waals surface area contributed by atoms with E-state index in [2.05, 4.69) is 9.97 Å². The first kappa shape index (κ1) is 22.6. The van der Waals surface area contributed by atoms with E-state index in [1.165, 1.54) is 23.9 Å². The molecule has 2 aromatic heterocycles. The molecule has 6 amide bonds. The van der Waals surface area contributed by atoms with E-state index in [4.69, 9.17) is 0 Å². The number of fused-ring (bicyclic) bond motifs is 5. The van der Waals surface area contributed by atoms with Crippen molar-refractivity contribution in [1.82, 2.24) is 29.6 Å². The number of hydrogen-bond acceptors (Lipinski definition) is 4. The first-order valence-electron chi connectivity index (χ1n) is 12.4. The van der Waals surface area contributed by atoms with Crippen LogP contribution in [-0.2, 0) is 21.5 Å². The largest absolute Gasteiger partial charge is 0.361 e. The molecule has 2 spiro atoms. The van der Waals surface area contributed by atoms with Gasteiger partial charge in [-0.15, -0.1) is 0 Å². The van der Waals surface area contributed by atoms with Gasteiger partial charge in [-0.3, -0.25) is 19.4 Å². The summed E-state index contributed by atoms with van der Waals surface area (Å²) in [6.07, 6.45) is 1.99. The summed E-state index contributed by atoms with van der Waals surface area (Å²) in [6.45, 7) is 0. The van der Waals surface area contributed by atoms with Crippen molar-refractivity contribution in [2.45, 2.75) is 23.4 Å². The van der Waals surface area contributed by atoms with Crippen LogP contribution in [0.4, 0.5) is 9.59 Å². The number of nitrogens with one attached hydrogen (secondary N) is 2. The molecule has 2 aromatic carbocycles. The third-order valence-electron chi connectivity index (χ3n) is 9.05. The molecule has 4 heterocycles. The van der Waals surface area contributed by atoms with Crippen LogP contribution < -0.4 is 0 Å². The molecule has 2 fully saturated rings. The lowest BCUT2D eigenvalue weighted by Crippen LogP contribution is -2.67. The molecule has 2 aliphatic heterocycles. The number of imide groups is 2.